The molecule has 0 aromatic rings. The van der Waals surface area contributed by atoms with Crippen molar-refractivity contribution in [3.05, 3.63) is 0 Å². The minimum Gasteiger partial charge on any atom is -0.369 e. The van der Waals surface area contributed by atoms with Gasteiger partial charge in [0.2, 0.25) is 0 Å². The van der Waals surface area contributed by atoms with Crippen molar-refractivity contribution in [2.75, 3.05) is 28.2 Å². The normalized spacial score (nSPS) is 10.0. The van der Waals surface area contributed by atoms with Gasteiger partial charge in [-0.3, -0.25) is 0 Å². The lowest BCUT2D eigenvalue weighted by Crippen LogP contribution is -2.19. The minimum atomic E-state index is 0.591. The number of hydrogen-bond acceptors (Lipinski definition) is 1. The van der Waals surface area contributed by atoms with Gasteiger partial charge in [-0.25, -0.2) is 4.99 Å². The molecule has 0 saturated carbocycles. The first-order valence-electron chi connectivity index (χ1n) is 2.96. The van der Waals surface area contributed by atoms with Crippen LogP contribution >= 0.6 is 12.2 Å². The quantitative estimate of drug-likeness (QED) is 0.314. The number of rotatable bonds is 1. The molecule has 0 aliphatic carbocycles. The molecular weight excluding hydrogens is 146 g/mol. The summed E-state index contributed by atoms with van der Waals surface area (Å²) in [5, 5.41) is 0.591. The van der Waals surface area contributed by atoms with Gasteiger partial charge in [-0.2, -0.15) is 0 Å². The van der Waals surface area contributed by atoms with Gasteiger partial charge in [0.05, 0.1) is 6.34 Å². The largest absolute Gasteiger partial charge is 0.369 e. The van der Waals surface area contributed by atoms with Crippen LogP contribution in [0.3, 0.4) is 0 Å². The predicted octanol–water partition coefficient (Wildman–Crippen LogP) is 0.423. The molecule has 0 rings (SSSR count). The summed E-state index contributed by atoms with van der Waals surface area (Å²) in [5.41, 5.74) is 0. The minimum absolute atomic E-state index is 0.591. The summed E-state index contributed by atoms with van der Waals surface area (Å²) >= 11 is 4.90. The van der Waals surface area contributed by atoms with E-state index in [0.717, 1.165) is 0 Å². The Balaban J connectivity index is 3.79. The molecule has 58 valence electrons. The average molecular weight is 159 g/mol. The third-order valence-electron chi connectivity index (χ3n) is 0.782. The summed E-state index contributed by atoms with van der Waals surface area (Å²) in [5.74, 6) is 0. The molecule has 3 nitrogen and oxygen atoms in total. The molecule has 10 heavy (non-hydrogen) atoms. The molecule has 0 saturated heterocycles. The van der Waals surface area contributed by atoms with Gasteiger partial charge in [0.1, 0.15) is 0 Å². The van der Waals surface area contributed by atoms with Crippen molar-refractivity contribution in [3.63, 3.8) is 0 Å². The second kappa shape index (κ2) is 4.22. The van der Waals surface area contributed by atoms with Crippen LogP contribution in [-0.4, -0.2) is 49.4 Å². The Kier molecular flexibility index (Phi) is 3.95. The molecule has 0 atom stereocenters. The highest BCUT2D eigenvalue weighted by molar-refractivity contribution is 7.80. The topological polar surface area (TPSA) is 18.8 Å². The van der Waals surface area contributed by atoms with Gasteiger partial charge < -0.3 is 9.80 Å². The molecule has 4 heteroatoms. The lowest BCUT2D eigenvalue weighted by atomic mass is 10.8. The van der Waals surface area contributed by atoms with Crippen LogP contribution in [0.15, 0.2) is 4.99 Å². The Morgan fingerprint density at radius 3 is 2.10 bits per heavy atom. The van der Waals surface area contributed by atoms with Crippen LogP contribution in [0.4, 0.5) is 0 Å². The standard InChI is InChI=1S/C6H13N3S/c1-8(2)5-7-6(10)9(3)4/h5H,1-4H3/b7-5+. The zero-order chi connectivity index (χ0) is 8.15. The molecule has 0 bridgehead atoms. The van der Waals surface area contributed by atoms with E-state index in [1.54, 1.807) is 11.2 Å². The van der Waals surface area contributed by atoms with Crippen LogP contribution in [-0.2, 0) is 0 Å². The number of hydrogen-bond donors (Lipinski definition) is 0. The summed E-state index contributed by atoms with van der Waals surface area (Å²) in [6.07, 6.45) is 1.68. The lowest BCUT2D eigenvalue weighted by molar-refractivity contribution is 0.618. The van der Waals surface area contributed by atoms with Crippen molar-refractivity contribution in [3.8, 4) is 0 Å². The Morgan fingerprint density at radius 2 is 1.80 bits per heavy atom. The van der Waals surface area contributed by atoms with Crippen molar-refractivity contribution in [1.82, 2.24) is 9.80 Å². The van der Waals surface area contributed by atoms with Gasteiger partial charge >= 0.3 is 0 Å². The third kappa shape index (κ3) is 4.26. The van der Waals surface area contributed by atoms with Gasteiger partial charge in [0.25, 0.3) is 0 Å². The molecular formula is C6H13N3S. The van der Waals surface area contributed by atoms with E-state index in [4.69, 9.17) is 12.2 Å². The summed E-state index contributed by atoms with van der Waals surface area (Å²) in [6.45, 7) is 0. The molecule has 0 N–H and O–H groups in total. The molecule has 0 aliphatic heterocycles. The summed E-state index contributed by atoms with van der Waals surface area (Å²) < 4.78 is 0. The second-order valence-corrected chi connectivity index (χ2v) is 2.75. The van der Waals surface area contributed by atoms with Crippen LogP contribution < -0.4 is 0 Å². The molecule has 0 aromatic carbocycles. The number of nitrogens with zero attached hydrogens (tertiary/aromatic N) is 3. The van der Waals surface area contributed by atoms with E-state index in [0.29, 0.717) is 5.11 Å². The first-order chi connectivity index (χ1) is 4.54. The van der Waals surface area contributed by atoms with E-state index >= 15 is 0 Å². The fraction of sp³-hybridized carbons (Fsp3) is 0.667. The van der Waals surface area contributed by atoms with E-state index < -0.39 is 0 Å². The molecule has 0 amide bonds. The monoisotopic (exact) mass is 159 g/mol. The van der Waals surface area contributed by atoms with Gasteiger partial charge in [0, 0.05) is 28.2 Å². The SMILES string of the molecule is CN(C)/C=N/C(=S)N(C)C. The van der Waals surface area contributed by atoms with Crippen molar-refractivity contribution < 1.29 is 0 Å². The molecule has 0 aromatic heterocycles. The zero-order valence-electron chi connectivity index (χ0n) is 6.83. The highest BCUT2D eigenvalue weighted by Gasteiger charge is 1.91. The Morgan fingerprint density at radius 1 is 1.30 bits per heavy atom. The van der Waals surface area contributed by atoms with E-state index in [2.05, 4.69) is 4.99 Å². The van der Waals surface area contributed by atoms with Gasteiger partial charge in [0.15, 0.2) is 5.11 Å². The van der Waals surface area contributed by atoms with Crippen molar-refractivity contribution in [2.24, 2.45) is 4.99 Å². The Hall–Kier alpha value is -0.640. The van der Waals surface area contributed by atoms with Crippen LogP contribution in [0.5, 0.6) is 0 Å². The van der Waals surface area contributed by atoms with Crippen molar-refractivity contribution >= 4 is 23.7 Å². The van der Waals surface area contributed by atoms with Gasteiger partial charge in [-0.1, -0.05) is 0 Å². The number of aliphatic imine (C=N–C) groups is 1. The zero-order valence-corrected chi connectivity index (χ0v) is 7.64. The molecule has 0 spiro atoms. The average Bonchev–Trinajstić information content (AvgIpc) is 1.82. The molecule has 0 fully saturated rings. The molecule has 0 radical (unpaired) electrons. The summed E-state index contributed by atoms with van der Waals surface area (Å²) in [7, 11) is 7.55. The summed E-state index contributed by atoms with van der Waals surface area (Å²) in [6, 6.07) is 0. The van der Waals surface area contributed by atoms with Crippen LogP contribution in [0.1, 0.15) is 0 Å². The highest BCUT2D eigenvalue weighted by Crippen LogP contribution is 1.83. The molecule has 0 aliphatic rings. The Bertz CT molecular complexity index is 140. The maximum Gasteiger partial charge on any atom is 0.196 e. The number of thiocarbonyl (C=S) groups is 1. The smallest absolute Gasteiger partial charge is 0.196 e. The van der Waals surface area contributed by atoms with Crippen molar-refractivity contribution in [2.45, 2.75) is 0 Å². The first-order valence-corrected chi connectivity index (χ1v) is 3.36. The Labute approximate surface area is 67.3 Å². The predicted molar refractivity (Wildman–Crippen MR) is 48.5 cm³/mol. The van der Waals surface area contributed by atoms with E-state index in [1.165, 1.54) is 0 Å². The van der Waals surface area contributed by atoms with Crippen LogP contribution in [0, 0.1) is 0 Å². The van der Waals surface area contributed by atoms with E-state index in [-0.39, 0.29) is 0 Å². The first kappa shape index (κ1) is 9.36. The molecule has 0 heterocycles. The van der Waals surface area contributed by atoms with Crippen LogP contribution in [0.25, 0.3) is 0 Å². The second-order valence-electron chi connectivity index (χ2n) is 2.39. The van der Waals surface area contributed by atoms with Crippen LogP contribution in [0.2, 0.25) is 0 Å². The fourth-order valence-corrected chi connectivity index (χ4v) is 0.327. The molecule has 0 unspecified atom stereocenters. The highest BCUT2D eigenvalue weighted by atomic mass is 32.1. The maximum atomic E-state index is 4.90. The lowest BCUT2D eigenvalue weighted by Gasteiger charge is -2.09. The van der Waals surface area contributed by atoms with Crippen molar-refractivity contribution in [1.29, 1.82) is 0 Å². The maximum absolute atomic E-state index is 4.90. The fourth-order valence-electron chi connectivity index (χ4n) is 0.280. The van der Waals surface area contributed by atoms with Gasteiger partial charge in [-0.15, -0.1) is 0 Å². The van der Waals surface area contributed by atoms with E-state index in [9.17, 15) is 0 Å². The third-order valence-corrected chi connectivity index (χ3v) is 1.25. The van der Waals surface area contributed by atoms with Gasteiger partial charge in [-0.05, 0) is 12.2 Å². The van der Waals surface area contributed by atoms with E-state index in [1.807, 2.05) is 33.1 Å². The summed E-state index contributed by atoms with van der Waals surface area (Å²) in [4.78, 5) is 7.61.